The molecule has 0 saturated heterocycles. The minimum Gasteiger partial charge on any atom is -0.315 e. The third-order valence-electron chi connectivity index (χ3n) is 2.69. The molecule has 0 radical (unpaired) electrons. The summed E-state index contributed by atoms with van der Waals surface area (Å²) in [5.41, 5.74) is 1.78. The number of benzene rings is 2. The normalized spacial score (nSPS) is 9.95. The average molecular weight is 269 g/mol. The fraction of sp³-hybridized carbons (Fsp3) is 0.0625. The van der Waals surface area contributed by atoms with E-state index < -0.39 is 0 Å². The molecule has 2 aromatic rings. The molecule has 0 atom stereocenters. The molecule has 0 bridgehead atoms. The van der Waals surface area contributed by atoms with Gasteiger partial charge in [-0.15, -0.1) is 0 Å². The van der Waals surface area contributed by atoms with Gasteiger partial charge in [-0.25, -0.2) is 0 Å². The molecule has 0 saturated carbocycles. The molecule has 0 aromatic heterocycles. The summed E-state index contributed by atoms with van der Waals surface area (Å²) in [5.74, 6) is -0.0513. The van der Waals surface area contributed by atoms with Crippen molar-refractivity contribution < 1.29 is 4.79 Å². The number of carbonyl (C=O) groups is 1. The lowest BCUT2D eigenvalue weighted by molar-refractivity contribution is 0.104. The Morgan fingerprint density at radius 3 is 2.42 bits per heavy atom. The quantitative estimate of drug-likeness (QED) is 0.461. The van der Waals surface area contributed by atoms with Gasteiger partial charge in [0.2, 0.25) is 0 Å². The zero-order valence-corrected chi connectivity index (χ0v) is 11.6. The van der Waals surface area contributed by atoms with E-state index in [1.54, 1.807) is 0 Å². The Morgan fingerprint density at radius 1 is 1.11 bits per heavy atom. The van der Waals surface area contributed by atoms with Gasteiger partial charge in [0.1, 0.15) is 0 Å². The van der Waals surface area contributed by atoms with Crippen molar-refractivity contribution in [1.29, 1.82) is 0 Å². The fourth-order valence-electron chi connectivity index (χ4n) is 1.70. The highest BCUT2D eigenvalue weighted by Crippen LogP contribution is 2.29. The second-order valence-electron chi connectivity index (χ2n) is 3.99. The molecule has 0 unspecified atom stereocenters. The Hall–Kier alpha value is -2.00. The van der Waals surface area contributed by atoms with Crippen LogP contribution in [0.15, 0.2) is 72.1 Å². The third kappa shape index (κ3) is 3.26. The largest absolute Gasteiger partial charge is 0.315 e. The van der Waals surface area contributed by atoms with E-state index in [2.05, 4.69) is 6.58 Å². The Balaban J connectivity index is 2.24. The van der Waals surface area contributed by atoms with Gasteiger partial charge in [-0.05, 0) is 42.3 Å². The number of hydrogen-bond acceptors (Lipinski definition) is 3. The van der Waals surface area contributed by atoms with Crippen molar-refractivity contribution >= 4 is 23.4 Å². The van der Waals surface area contributed by atoms with E-state index in [1.165, 1.54) is 18.0 Å². The number of para-hydroxylation sites is 1. The van der Waals surface area contributed by atoms with Crippen LogP contribution >= 0.6 is 11.9 Å². The minimum absolute atomic E-state index is 0.0513. The lowest BCUT2D eigenvalue weighted by Crippen LogP contribution is -2.07. The van der Waals surface area contributed by atoms with Gasteiger partial charge in [0.15, 0.2) is 5.78 Å². The smallest absolute Gasteiger partial charge is 0.186 e. The summed E-state index contributed by atoms with van der Waals surface area (Å²) >= 11 is 1.53. The number of anilines is 1. The zero-order chi connectivity index (χ0) is 13.7. The van der Waals surface area contributed by atoms with E-state index in [1.807, 2.05) is 66.0 Å². The van der Waals surface area contributed by atoms with Crippen LogP contribution in [-0.2, 0) is 0 Å². The monoisotopic (exact) mass is 269 g/mol. The highest BCUT2D eigenvalue weighted by atomic mass is 32.2. The molecule has 0 heterocycles. The molecule has 0 amide bonds. The Labute approximate surface area is 117 Å². The summed E-state index contributed by atoms with van der Waals surface area (Å²) in [7, 11) is 1.98. The first-order valence-electron chi connectivity index (χ1n) is 5.95. The molecule has 0 aliphatic carbocycles. The molecule has 2 nitrogen and oxygen atoms in total. The van der Waals surface area contributed by atoms with Gasteiger partial charge < -0.3 is 4.31 Å². The summed E-state index contributed by atoms with van der Waals surface area (Å²) in [6.45, 7) is 3.54. The number of ketones is 1. The third-order valence-corrected chi connectivity index (χ3v) is 3.73. The highest BCUT2D eigenvalue weighted by Gasteiger charge is 2.11. The van der Waals surface area contributed by atoms with E-state index in [0.717, 1.165) is 10.6 Å². The predicted octanol–water partition coefficient (Wildman–Crippen LogP) is 4.20. The molecule has 96 valence electrons. The maximum Gasteiger partial charge on any atom is 0.186 e. The highest BCUT2D eigenvalue weighted by molar-refractivity contribution is 8.00. The van der Waals surface area contributed by atoms with Crippen LogP contribution in [0.3, 0.4) is 0 Å². The molecule has 0 aliphatic heterocycles. The second kappa shape index (κ2) is 6.25. The van der Waals surface area contributed by atoms with Crippen LogP contribution in [0.25, 0.3) is 0 Å². The van der Waals surface area contributed by atoms with Crippen LogP contribution in [-0.4, -0.2) is 12.8 Å². The van der Waals surface area contributed by atoms with Gasteiger partial charge in [0, 0.05) is 23.2 Å². The van der Waals surface area contributed by atoms with Crippen molar-refractivity contribution in [2.45, 2.75) is 4.90 Å². The van der Waals surface area contributed by atoms with Crippen LogP contribution in [0.5, 0.6) is 0 Å². The van der Waals surface area contributed by atoms with Crippen molar-refractivity contribution in [3.05, 3.63) is 72.8 Å². The first-order chi connectivity index (χ1) is 9.22. The van der Waals surface area contributed by atoms with Crippen molar-refractivity contribution in [2.75, 3.05) is 11.4 Å². The maximum absolute atomic E-state index is 11.8. The van der Waals surface area contributed by atoms with Crippen molar-refractivity contribution in [2.24, 2.45) is 0 Å². The van der Waals surface area contributed by atoms with Gasteiger partial charge >= 0.3 is 0 Å². The number of rotatable bonds is 5. The van der Waals surface area contributed by atoms with E-state index in [9.17, 15) is 4.79 Å². The molecule has 0 N–H and O–H groups in total. The molecule has 2 aromatic carbocycles. The van der Waals surface area contributed by atoms with Crippen molar-refractivity contribution in [3.8, 4) is 0 Å². The predicted molar refractivity (Wildman–Crippen MR) is 81.7 cm³/mol. The van der Waals surface area contributed by atoms with Gasteiger partial charge in [0.05, 0.1) is 0 Å². The number of carbonyl (C=O) groups excluding carboxylic acids is 1. The average Bonchev–Trinajstić information content (AvgIpc) is 2.48. The standard InChI is InChI=1S/C16H15NOS/c1-3-15(18)14-11-7-8-12-16(14)19-17(2)13-9-5-4-6-10-13/h3-12H,1H2,2H3. The molecular weight excluding hydrogens is 254 g/mol. The summed E-state index contributed by atoms with van der Waals surface area (Å²) in [5, 5.41) is 0. The van der Waals surface area contributed by atoms with Crippen molar-refractivity contribution in [1.82, 2.24) is 0 Å². The van der Waals surface area contributed by atoms with Crippen LogP contribution in [0, 0.1) is 0 Å². The number of allylic oxidation sites excluding steroid dienone is 1. The second-order valence-corrected chi connectivity index (χ2v) is 5.16. The van der Waals surface area contributed by atoms with Gasteiger partial charge in [-0.3, -0.25) is 4.79 Å². The topological polar surface area (TPSA) is 20.3 Å². The zero-order valence-electron chi connectivity index (χ0n) is 10.7. The Morgan fingerprint density at radius 2 is 1.74 bits per heavy atom. The molecule has 3 heteroatoms. The molecule has 0 aliphatic rings. The molecular formula is C16H15NOS. The fourth-order valence-corrected chi connectivity index (χ4v) is 2.63. The molecule has 19 heavy (non-hydrogen) atoms. The lowest BCUT2D eigenvalue weighted by Gasteiger charge is -2.18. The number of nitrogens with zero attached hydrogens (tertiary/aromatic N) is 1. The van der Waals surface area contributed by atoms with Crippen LogP contribution in [0.2, 0.25) is 0 Å². The SMILES string of the molecule is C=CC(=O)c1ccccc1SN(C)c1ccccc1. The Bertz CT molecular complexity index is 580. The molecule has 0 spiro atoms. The van der Waals surface area contributed by atoms with Crippen LogP contribution < -0.4 is 4.31 Å². The van der Waals surface area contributed by atoms with E-state index in [0.29, 0.717) is 5.56 Å². The van der Waals surface area contributed by atoms with Gasteiger partial charge in [-0.2, -0.15) is 0 Å². The lowest BCUT2D eigenvalue weighted by atomic mass is 10.1. The molecule has 0 fully saturated rings. The maximum atomic E-state index is 11.8. The summed E-state index contributed by atoms with van der Waals surface area (Å²) in [6.07, 6.45) is 1.35. The van der Waals surface area contributed by atoms with Crippen molar-refractivity contribution in [3.63, 3.8) is 0 Å². The summed E-state index contributed by atoms with van der Waals surface area (Å²) < 4.78 is 2.04. The van der Waals surface area contributed by atoms with Gasteiger partial charge in [0.25, 0.3) is 0 Å². The van der Waals surface area contributed by atoms with Crippen LogP contribution in [0.4, 0.5) is 5.69 Å². The van der Waals surface area contributed by atoms with E-state index in [4.69, 9.17) is 0 Å². The Kier molecular flexibility index (Phi) is 4.42. The minimum atomic E-state index is -0.0513. The van der Waals surface area contributed by atoms with E-state index in [-0.39, 0.29) is 5.78 Å². The first kappa shape index (κ1) is 13.4. The van der Waals surface area contributed by atoms with Gasteiger partial charge in [-0.1, -0.05) is 36.9 Å². The molecule has 2 rings (SSSR count). The number of hydrogen-bond donors (Lipinski definition) is 0. The summed E-state index contributed by atoms with van der Waals surface area (Å²) in [4.78, 5) is 12.7. The first-order valence-corrected chi connectivity index (χ1v) is 6.72. The van der Waals surface area contributed by atoms with Crippen LogP contribution in [0.1, 0.15) is 10.4 Å². The summed E-state index contributed by atoms with van der Waals surface area (Å²) in [6, 6.07) is 17.6. The van der Waals surface area contributed by atoms with E-state index >= 15 is 0 Å².